The molecule has 3 aliphatic rings. The number of hydrogen-bond donors (Lipinski definition) is 0. The Balaban J connectivity index is 1.31. The first-order valence-corrected chi connectivity index (χ1v) is 14.9. The van der Waals surface area contributed by atoms with Crippen LogP contribution in [0.25, 0.3) is 11.7 Å². The van der Waals surface area contributed by atoms with Crippen LogP contribution in [0.3, 0.4) is 0 Å². The minimum absolute atomic E-state index is 0.00975. The third-order valence-electron chi connectivity index (χ3n) is 7.90. The van der Waals surface area contributed by atoms with Gasteiger partial charge >= 0.3 is 0 Å². The van der Waals surface area contributed by atoms with Crippen molar-refractivity contribution in [3.05, 3.63) is 80.6 Å². The van der Waals surface area contributed by atoms with E-state index in [1.807, 2.05) is 19.1 Å². The molecular formula is C30H32N4O3S2. The summed E-state index contributed by atoms with van der Waals surface area (Å²) in [5.74, 6) is 1.07. The van der Waals surface area contributed by atoms with Crippen molar-refractivity contribution < 1.29 is 9.53 Å². The van der Waals surface area contributed by atoms with Crippen molar-refractivity contribution in [2.75, 3.05) is 31.1 Å². The summed E-state index contributed by atoms with van der Waals surface area (Å²) < 4.78 is 7.83. The summed E-state index contributed by atoms with van der Waals surface area (Å²) in [4.78, 5) is 36.6. The van der Waals surface area contributed by atoms with E-state index in [1.165, 1.54) is 17.3 Å². The number of carbonyl (C=O) groups excluding carboxylic acids is 1. The van der Waals surface area contributed by atoms with Gasteiger partial charge in [-0.1, -0.05) is 60.4 Å². The Kier molecular flexibility index (Phi) is 7.55. The van der Waals surface area contributed by atoms with Crippen LogP contribution in [-0.2, 0) is 16.0 Å². The molecule has 0 unspecified atom stereocenters. The Morgan fingerprint density at radius 3 is 2.64 bits per heavy atom. The molecule has 3 aliphatic heterocycles. The fourth-order valence-corrected chi connectivity index (χ4v) is 7.00. The Bertz CT molecular complexity index is 1490. The van der Waals surface area contributed by atoms with Crippen LogP contribution in [0.2, 0.25) is 0 Å². The molecule has 3 fully saturated rings. The second-order valence-corrected chi connectivity index (χ2v) is 12.3. The number of piperidine rings is 1. The second kappa shape index (κ2) is 11.2. The van der Waals surface area contributed by atoms with Crippen molar-refractivity contribution in [3.8, 4) is 0 Å². The Labute approximate surface area is 237 Å². The summed E-state index contributed by atoms with van der Waals surface area (Å²) in [6.45, 7) is 4.77. The Morgan fingerprint density at radius 2 is 1.90 bits per heavy atom. The maximum atomic E-state index is 13.9. The lowest BCUT2D eigenvalue weighted by Crippen LogP contribution is -2.37. The van der Waals surface area contributed by atoms with Crippen molar-refractivity contribution in [2.45, 2.75) is 45.1 Å². The average molecular weight is 561 g/mol. The molecule has 202 valence electrons. The molecule has 0 saturated carbocycles. The minimum Gasteiger partial charge on any atom is -0.376 e. The molecular weight excluding hydrogens is 528 g/mol. The molecule has 5 heterocycles. The molecule has 0 bridgehead atoms. The predicted octanol–water partition coefficient (Wildman–Crippen LogP) is 4.84. The molecule has 3 saturated heterocycles. The first kappa shape index (κ1) is 26.2. The summed E-state index contributed by atoms with van der Waals surface area (Å²) in [6.07, 6.45) is 8.49. The monoisotopic (exact) mass is 560 g/mol. The van der Waals surface area contributed by atoms with Crippen LogP contribution >= 0.6 is 24.0 Å². The third-order valence-corrected chi connectivity index (χ3v) is 9.28. The number of fused-ring (bicyclic) bond motifs is 1. The summed E-state index contributed by atoms with van der Waals surface area (Å²) in [6, 6.07) is 14.4. The summed E-state index contributed by atoms with van der Waals surface area (Å²) in [5, 5.41) is 0. The highest BCUT2D eigenvalue weighted by Gasteiger charge is 2.35. The number of pyridine rings is 1. The van der Waals surface area contributed by atoms with E-state index in [-0.39, 0.29) is 17.6 Å². The SMILES string of the molecule is Cc1cccn2c(=O)c(/C=C3\SC(=S)N(C[C@@H]4CCCO4)C3=O)c(N3CCC(Cc4ccccc4)CC3)nc12. The number of benzene rings is 1. The van der Waals surface area contributed by atoms with Gasteiger partial charge in [-0.05, 0) is 68.2 Å². The topological polar surface area (TPSA) is 67.2 Å². The van der Waals surface area contributed by atoms with Gasteiger partial charge in [0.2, 0.25) is 0 Å². The molecule has 0 radical (unpaired) electrons. The minimum atomic E-state index is -0.172. The molecule has 1 aromatic carbocycles. The van der Waals surface area contributed by atoms with Gasteiger partial charge in [0, 0.05) is 25.9 Å². The number of ether oxygens (including phenoxy) is 1. The van der Waals surface area contributed by atoms with Gasteiger partial charge < -0.3 is 9.64 Å². The van der Waals surface area contributed by atoms with Crippen molar-refractivity contribution >= 4 is 51.7 Å². The number of aryl methyl sites for hydroxylation is 1. The molecule has 9 heteroatoms. The van der Waals surface area contributed by atoms with E-state index in [1.54, 1.807) is 21.6 Å². The van der Waals surface area contributed by atoms with Gasteiger partial charge in [-0.25, -0.2) is 4.98 Å². The summed E-state index contributed by atoms with van der Waals surface area (Å²) >= 11 is 6.81. The van der Waals surface area contributed by atoms with E-state index in [4.69, 9.17) is 21.9 Å². The number of thioether (sulfide) groups is 1. The number of carbonyl (C=O) groups is 1. The second-order valence-electron chi connectivity index (χ2n) is 10.6. The fraction of sp³-hybridized carbons (Fsp3) is 0.400. The molecule has 0 aliphatic carbocycles. The quantitative estimate of drug-likeness (QED) is 0.316. The zero-order valence-electron chi connectivity index (χ0n) is 22.0. The van der Waals surface area contributed by atoms with E-state index in [2.05, 4.69) is 35.2 Å². The molecule has 39 heavy (non-hydrogen) atoms. The Morgan fingerprint density at radius 1 is 1.10 bits per heavy atom. The zero-order chi connectivity index (χ0) is 26.9. The number of anilines is 1. The molecule has 3 aromatic rings. The standard InChI is InChI=1S/C30H32N4O3S2/c1-20-7-5-13-33-26(20)31-27(32-14-11-22(12-15-32)17-21-8-3-2-4-9-21)24(28(33)35)18-25-29(36)34(30(38)39-25)19-23-10-6-16-37-23/h2-5,7-9,13,18,22-23H,6,10-12,14-17,19H2,1H3/b25-18-/t23-/m0/s1. The highest BCUT2D eigenvalue weighted by molar-refractivity contribution is 8.26. The van der Waals surface area contributed by atoms with Gasteiger partial charge in [-0.2, -0.15) is 0 Å². The van der Waals surface area contributed by atoms with Crippen molar-refractivity contribution in [3.63, 3.8) is 0 Å². The molecule has 0 N–H and O–H groups in total. The van der Waals surface area contributed by atoms with Crippen molar-refractivity contribution in [2.24, 2.45) is 5.92 Å². The number of thiocarbonyl (C=S) groups is 1. The number of nitrogens with zero attached hydrogens (tertiary/aromatic N) is 4. The summed E-state index contributed by atoms with van der Waals surface area (Å²) in [7, 11) is 0. The zero-order valence-corrected chi connectivity index (χ0v) is 23.7. The largest absolute Gasteiger partial charge is 0.376 e. The normalized spacial score (nSPS) is 21.6. The molecule has 0 spiro atoms. The van der Waals surface area contributed by atoms with Crippen molar-refractivity contribution in [1.29, 1.82) is 0 Å². The Hall–Kier alpha value is -3.01. The lowest BCUT2D eigenvalue weighted by Gasteiger charge is -2.33. The van der Waals surface area contributed by atoms with Gasteiger partial charge in [0.15, 0.2) is 0 Å². The van der Waals surface area contributed by atoms with Crippen LogP contribution in [0.1, 0.15) is 42.4 Å². The molecule has 2 aromatic heterocycles. The maximum Gasteiger partial charge on any atom is 0.267 e. The van der Waals surface area contributed by atoms with Crippen LogP contribution in [-0.4, -0.2) is 56.9 Å². The highest BCUT2D eigenvalue weighted by atomic mass is 32.2. The summed E-state index contributed by atoms with van der Waals surface area (Å²) in [5.41, 5.74) is 3.21. The number of rotatable bonds is 6. The highest BCUT2D eigenvalue weighted by Crippen LogP contribution is 2.35. The molecule has 6 rings (SSSR count). The molecule has 1 amide bonds. The maximum absolute atomic E-state index is 13.9. The molecule has 1 atom stereocenters. The van der Waals surface area contributed by atoms with E-state index in [0.29, 0.717) is 38.7 Å². The number of amides is 1. The van der Waals surface area contributed by atoms with Crippen LogP contribution in [0.5, 0.6) is 0 Å². The van der Waals surface area contributed by atoms with Gasteiger partial charge in [0.1, 0.15) is 15.8 Å². The first-order valence-electron chi connectivity index (χ1n) is 13.7. The van der Waals surface area contributed by atoms with E-state index < -0.39 is 0 Å². The predicted molar refractivity (Wildman–Crippen MR) is 160 cm³/mol. The van der Waals surface area contributed by atoms with Crippen LogP contribution in [0.15, 0.2) is 58.4 Å². The van der Waals surface area contributed by atoms with E-state index in [9.17, 15) is 9.59 Å². The van der Waals surface area contributed by atoms with Crippen molar-refractivity contribution in [1.82, 2.24) is 14.3 Å². The third kappa shape index (κ3) is 5.40. The number of aromatic nitrogens is 2. The van der Waals surface area contributed by atoms with Crippen LogP contribution in [0.4, 0.5) is 5.82 Å². The van der Waals surface area contributed by atoms with E-state index in [0.717, 1.165) is 57.4 Å². The first-order chi connectivity index (χ1) is 19.0. The smallest absolute Gasteiger partial charge is 0.267 e. The average Bonchev–Trinajstić information content (AvgIpc) is 3.56. The van der Waals surface area contributed by atoms with E-state index >= 15 is 0 Å². The van der Waals surface area contributed by atoms with Gasteiger partial charge in [-0.3, -0.25) is 18.9 Å². The van der Waals surface area contributed by atoms with Gasteiger partial charge in [-0.15, -0.1) is 0 Å². The lowest BCUT2D eigenvalue weighted by molar-refractivity contribution is -0.123. The van der Waals surface area contributed by atoms with Gasteiger partial charge in [0.25, 0.3) is 11.5 Å². The molecule has 7 nitrogen and oxygen atoms in total. The lowest BCUT2D eigenvalue weighted by atomic mass is 9.90. The van der Waals surface area contributed by atoms with Gasteiger partial charge in [0.05, 0.1) is 23.1 Å². The van der Waals surface area contributed by atoms with Crippen LogP contribution < -0.4 is 10.5 Å². The fourth-order valence-electron chi connectivity index (χ4n) is 5.74. The number of hydrogen-bond acceptors (Lipinski definition) is 7. The van der Waals surface area contributed by atoms with Crippen LogP contribution in [0, 0.1) is 12.8 Å².